The second kappa shape index (κ2) is 7.08. The number of fused-ring (bicyclic) bond motifs is 3. The van der Waals surface area contributed by atoms with Crippen LogP contribution in [0.4, 0.5) is 5.82 Å². The Kier molecular flexibility index (Phi) is 4.61. The summed E-state index contributed by atoms with van der Waals surface area (Å²) >= 11 is 3.53. The first-order chi connectivity index (χ1) is 13.1. The zero-order chi connectivity index (χ0) is 19.0. The van der Waals surface area contributed by atoms with Gasteiger partial charge in [0.1, 0.15) is 17.4 Å². The van der Waals surface area contributed by atoms with Crippen LogP contribution >= 0.6 is 15.9 Å². The zero-order valence-corrected chi connectivity index (χ0v) is 16.9. The number of nitrogens with zero attached hydrogens (tertiary/aromatic N) is 3. The minimum absolute atomic E-state index is 0.672. The lowest BCUT2D eigenvalue weighted by molar-refractivity contribution is 0.354. The fourth-order valence-electron chi connectivity index (χ4n) is 3.27. The third-order valence-electron chi connectivity index (χ3n) is 4.55. The number of hydrogen-bond acceptors (Lipinski definition) is 5. The summed E-state index contributed by atoms with van der Waals surface area (Å²) in [6, 6.07) is 12.0. The van der Waals surface area contributed by atoms with Crippen LogP contribution in [0.2, 0.25) is 0 Å². The van der Waals surface area contributed by atoms with Gasteiger partial charge in [0.05, 0.1) is 14.2 Å². The first-order valence-electron chi connectivity index (χ1n) is 8.44. The Morgan fingerprint density at radius 3 is 2.63 bits per heavy atom. The number of halogens is 1. The van der Waals surface area contributed by atoms with Gasteiger partial charge >= 0.3 is 0 Å². The van der Waals surface area contributed by atoms with Crippen LogP contribution in [0.5, 0.6) is 11.5 Å². The summed E-state index contributed by atoms with van der Waals surface area (Å²) in [6.07, 6.45) is 1.61. The van der Waals surface area contributed by atoms with Gasteiger partial charge in [-0.1, -0.05) is 22.0 Å². The van der Waals surface area contributed by atoms with E-state index < -0.39 is 0 Å². The molecule has 0 saturated heterocycles. The molecule has 6 nitrogen and oxygen atoms in total. The molecule has 0 aliphatic carbocycles. The average Bonchev–Trinajstić information content (AvgIpc) is 3.05. The van der Waals surface area contributed by atoms with E-state index in [1.165, 1.54) is 0 Å². The summed E-state index contributed by atoms with van der Waals surface area (Å²) < 4.78 is 11.7. The van der Waals surface area contributed by atoms with Crippen LogP contribution in [0, 0.1) is 0 Å². The van der Waals surface area contributed by atoms with E-state index in [2.05, 4.69) is 41.8 Å². The van der Waals surface area contributed by atoms with Crippen molar-refractivity contribution in [2.75, 3.05) is 26.2 Å². The van der Waals surface area contributed by atoms with Gasteiger partial charge in [-0.25, -0.2) is 9.97 Å². The van der Waals surface area contributed by atoms with Crippen molar-refractivity contribution in [2.24, 2.45) is 0 Å². The maximum Gasteiger partial charge on any atom is 0.161 e. The molecular weight excluding hydrogens is 408 g/mol. The predicted molar refractivity (Wildman–Crippen MR) is 111 cm³/mol. The number of aromatic nitrogens is 3. The van der Waals surface area contributed by atoms with Crippen molar-refractivity contribution in [3.8, 4) is 11.5 Å². The summed E-state index contributed by atoms with van der Waals surface area (Å²) in [7, 11) is 5.29. The molecule has 0 spiro atoms. The molecular formula is C20H19BrN4O2. The monoisotopic (exact) mass is 426 g/mol. The molecule has 0 atom stereocenters. The highest BCUT2D eigenvalue weighted by atomic mass is 79.9. The van der Waals surface area contributed by atoms with Gasteiger partial charge < -0.3 is 19.4 Å². The van der Waals surface area contributed by atoms with Gasteiger partial charge in [0.2, 0.25) is 0 Å². The molecule has 0 aliphatic heterocycles. The van der Waals surface area contributed by atoms with Crippen molar-refractivity contribution in [1.82, 2.24) is 15.0 Å². The SMILES string of the molecule is COc1ccc(CN(C)c2ncnc3c2[nH]c2ccc(Br)cc23)cc1OC. The van der Waals surface area contributed by atoms with E-state index in [0.717, 1.165) is 43.5 Å². The zero-order valence-electron chi connectivity index (χ0n) is 15.3. The smallest absolute Gasteiger partial charge is 0.161 e. The Bertz CT molecular complexity index is 1130. The Morgan fingerprint density at radius 2 is 1.85 bits per heavy atom. The molecule has 0 bridgehead atoms. The predicted octanol–water partition coefficient (Wildman–Crippen LogP) is 4.53. The van der Waals surface area contributed by atoms with Gasteiger partial charge in [0.15, 0.2) is 17.3 Å². The molecule has 2 heterocycles. The molecule has 0 saturated carbocycles. The van der Waals surface area contributed by atoms with Gasteiger partial charge in [0.25, 0.3) is 0 Å². The minimum atomic E-state index is 0.672. The van der Waals surface area contributed by atoms with E-state index in [0.29, 0.717) is 12.3 Å². The molecule has 0 radical (unpaired) electrons. The Labute approximate surface area is 165 Å². The highest BCUT2D eigenvalue weighted by Crippen LogP contribution is 2.32. The third-order valence-corrected chi connectivity index (χ3v) is 5.05. The molecule has 0 unspecified atom stereocenters. The quantitative estimate of drug-likeness (QED) is 0.507. The lowest BCUT2D eigenvalue weighted by Gasteiger charge is -2.19. The highest BCUT2D eigenvalue weighted by molar-refractivity contribution is 9.10. The molecule has 0 amide bonds. The number of ether oxygens (including phenoxy) is 2. The van der Waals surface area contributed by atoms with Crippen LogP contribution in [0.3, 0.4) is 0 Å². The van der Waals surface area contributed by atoms with Gasteiger partial charge in [-0.2, -0.15) is 0 Å². The van der Waals surface area contributed by atoms with Crippen LogP contribution in [-0.2, 0) is 6.54 Å². The number of anilines is 1. The summed E-state index contributed by atoms with van der Waals surface area (Å²) in [4.78, 5) is 14.5. The first-order valence-corrected chi connectivity index (χ1v) is 9.24. The summed E-state index contributed by atoms with van der Waals surface area (Å²) in [5.41, 5.74) is 3.97. The molecule has 1 N–H and O–H groups in total. The fraction of sp³-hybridized carbons (Fsp3) is 0.200. The van der Waals surface area contributed by atoms with Crippen molar-refractivity contribution in [3.05, 3.63) is 52.8 Å². The van der Waals surface area contributed by atoms with E-state index in [1.807, 2.05) is 37.4 Å². The van der Waals surface area contributed by atoms with E-state index in [9.17, 15) is 0 Å². The maximum absolute atomic E-state index is 5.41. The normalized spacial score (nSPS) is 11.1. The Morgan fingerprint density at radius 1 is 1.04 bits per heavy atom. The van der Waals surface area contributed by atoms with Gasteiger partial charge in [-0.3, -0.25) is 0 Å². The van der Waals surface area contributed by atoms with Crippen LogP contribution in [-0.4, -0.2) is 36.2 Å². The second-order valence-corrected chi connectivity index (χ2v) is 7.20. The second-order valence-electron chi connectivity index (χ2n) is 6.28. The Hall–Kier alpha value is -2.80. The van der Waals surface area contributed by atoms with Crippen molar-refractivity contribution in [2.45, 2.75) is 6.54 Å². The summed E-state index contributed by atoms with van der Waals surface area (Å²) in [6.45, 7) is 0.672. The number of H-pyrrole nitrogens is 1. The number of nitrogens with one attached hydrogen (secondary N) is 1. The van der Waals surface area contributed by atoms with Crippen molar-refractivity contribution in [1.29, 1.82) is 0 Å². The lowest BCUT2D eigenvalue weighted by Crippen LogP contribution is -2.18. The summed E-state index contributed by atoms with van der Waals surface area (Å²) in [5.74, 6) is 2.28. The van der Waals surface area contributed by atoms with E-state index >= 15 is 0 Å². The van der Waals surface area contributed by atoms with Crippen LogP contribution in [0.1, 0.15) is 5.56 Å². The minimum Gasteiger partial charge on any atom is -0.493 e. The number of aromatic amines is 1. The highest BCUT2D eigenvalue weighted by Gasteiger charge is 2.15. The molecule has 27 heavy (non-hydrogen) atoms. The van der Waals surface area contributed by atoms with Crippen molar-refractivity contribution >= 4 is 43.7 Å². The number of rotatable bonds is 5. The van der Waals surface area contributed by atoms with Crippen LogP contribution in [0.25, 0.3) is 21.9 Å². The van der Waals surface area contributed by atoms with E-state index in [1.54, 1.807) is 20.5 Å². The van der Waals surface area contributed by atoms with Crippen LogP contribution in [0.15, 0.2) is 47.2 Å². The average molecular weight is 427 g/mol. The third kappa shape index (κ3) is 3.19. The molecule has 4 aromatic rings. The standard InChI is InChI=1S/C20H19BrN4O2/c1-25(10-12-4-7-16(26-2)17(8-12)27-3)20-19-18(22-11-23-20)14-9-13(21)5-6-15(14)24-19/h4-9,11,24H,10H2,1-3H3. The van der Waals surface area contributed by atoms with Crippen molar-refractivity contribution < 1.29 is 9.47 Å². The topological polar surface area (TPSA) is 63.3 Å². The molecule has 138 valence electrons. The van der Waals surface area contributed by atoms with Gasteiger partial charge in [-0.15, -0.1) is 0 Å². The molecule has 4 rings (SSSR count). The molecule has 7 heteroatoms. The van der Waals surface area contributed by atoms with Gasteiger partial charge in [0, 0.05) is 29.0 Å². The fourth-order valence-corrected chi connectivity index (χ4v) is 3.63. The number of benzene rings is 2. The van der Waals surface area contributed by atoms with Crippen molar-refractivity contribution in [3.63, 3.8) is 0 Å². The molecule has 2 aromatic carbocycles. The number of hydrogen-bond donors (Lipinski definition) is 1. The largest absolute Gasteiger partial charge is 0.493 e. The first kappa shape index (κ1) is 17.6. The van der Waals surface area contributed by atoms with Crippen LogP contribution < -0.4 is 14.4 Å². The Balaban J connectivity index is 1.72. The molecule has 0 aliphatic rings. The number of methoxy groups -OCH3 is 2. The van der Waals surface area contributed by atoms with E-state index in [-0.39, 0.29) is 0 Å². The maximum atomic E-state index is 5.41. The molecule has 0 fully saturated rings. The molecule has 2 aromatic heterocycles. The van der Waals surface area contributed by atoms with Gasteiger partial charge in [-0.05, 0) is 35.9 Å². The van der Waals surface area contributed by atoms with E-state index in [4.69, 9.17) is 9.47 Å². The lowest BCUT2D eigenvalue weighted by atomic mass is 10.2. The summed E-state index contributed by atoms with van der Waals surface area (Å²) in [5, 5.41) is 1.07.